The number of esters is 4. The maximum atomic E-state index is 12.4. The van der Waals surface area contributed by atoms with Crippen LogP contribution in [0.15, 0.2) is 0 Å². The summed E-state index contributed by atoms with van der Waals surface area (Å²) in [6.45, 7) is 4.14. The molecule has 0 aromatic carbocycles. The first-order chi connectivity index (χ1) is 14.0. The Morgan fingerprint density at radius 1 is 0.967 bits per heavy atom. The van der Waals surface area contributed by atoms with E-state index in [9.17, 15) is 24.0 Å². The normalized spacial score (nSPS) is 28.7. The average Bonchev–Trinajstić information content (AvgIpc) is 2.94. The Kier molecular flexibility index (Phi) is 8.15. The van der Waals surface area contributed by atoms with E-state index in [2.05, 4.69) is 0 Å². The summed E-state index contributed by atoms with van der Waals surface area (Å²) in [7, 11) is 0. The zero-order valence-electron chi connectivity index (χ0n) is 16.6. The van der Waals surface area contributed by atoms with Gasteiger partial charge in [0.05, 0.1) is 5.75 Å². The van der Waals surface area contributed by atoms with Crippen molar-refractivity contribution in [2.24, 2.45) is 0 Å². The molecule has 0 aromatic heterocycles. The largest absolute Gasteiger partial charge is 0.463 e. The number of carbonyl (C=O) groups is 5. The Morgan fingerprint density at radius 2 is 1.50 bits per heavy atom. The van der Waals surface area contributed by atoms with Gasteiger partial charge in [0.15, 0.2) is 24.5 Å². The van der Waals surface area contributed by atoms with Crippen molar-refractivity contribution in [3.05, 3.63) is 0 Å². The van der Waals surface area contributed by atoms with Crippen LogP contribution in [-0.4, -0.2) is 82.0 Å². The number of amides is 1. The van der Waals surface area contributed by atoms with E-state index in [4.69, 9.17) is 35.9 Å². The van der Waals surface area contributed by atoms with E-state index < -0.39 is 60.4 Å². The molecule has 166 valence electrons. The van der Waals surface area contributed by atoms with Gasteiger partial charge in [-0.2, -0.15) is 0 Å². The van der Waals surface area contributed by atoms with Crippen LogP contribution in [0.25, 0.3) is 0 Å². The van der Waals surface area contributed by atoms with Crippen molar-refractivity contribution in [1.82, 2.24) is 4.90 Å². The molecule has 0 aromatic rings. The molecule has 0 saturated carbocycles. The molecule has 2 rings (SSSR count). The molecule has 0 spiro atoms. The second-order valence-corrected chi connectivity index (χ2v) is 8.02. The Hall–Kier alpha value is -2.25. The monoisotopic (exact) mass is 463 g/mol. The average molecular weight is 463 g/mol. The number of nitrogens with zero attached hydrogens (tertiary/aromatic N) is 1. The Bertz CT molecular complexity index is 741. The molecular weight excluding hydrogens is 442 g/mol. The molecule has 1 amide bonds. The third-order valence-corrected chi connectivity index (χ3v) is 5.39. The van der Waals surface area contributed by atoms with Gasteiger partial charge in [-0.05, 0) is 0 Å². The predicted molar refractivity (Wildman–Crippen MR) is 104 cm³/mol. The van der Waals surface area contributed by atoms with E-state index in [0.29, 0.717) is 0 Å². The summed E-state index contributed by atoms with van der Waals surface area (Å²) in [5.74, 6) is -3.25. The predicted octanol–water partition coefficient (Wildman–Crippen LogP) is -0.0702. The van der Waals surface area contributed by atoms with E-state index in [-0.39, 0.29) is 16.7 Å². The second kappa shape index (κ2) is 10.2. The number of thioether (sulfide) groups is 1. The highest BCUT2D eigenvalue weighted by Gasteiger charge is 2.56. The number of thiocarbonyl (C=S) groups is 1. The summed E-state index contributed by atoms with van der Waals surface area (Å²) in [6, 6.07) is 0. The van der Waals surface area contributed by atoms with Gasteiger partial charge in [-0.15, -0.1) is 0 Å². The SMILES string of the molecule is CC(=O)OC[C@H]1O[C@@H](N2C(=O)CSC2=S)[C@H](OC(C)=O)[C@@H](OC(C)=O)[C@@H]1OC(C)=O. The molecular formula is C17H21NO10S2. The molecule has 2 aliphatic heterocycles. The van der Waals surface area contributed by atoms with Gasteiger partial charge in [0.25, 0.3) is 0 Å². The van der Waals surface area contributed by atoms with Crippen molar-refractivity contribution in [3.8, 4) is 0 Å². The molecule has 5 atom stereocenters. The molecule has 13 heteroatoms. The van der Waals surface area contributed by atoms with E-state index in [1.807, 2.05) is 0 Å². The van der Waals surface area contributed by atoms with Crippen molar-refractivity contribution in [2.75, 3.05) is 12.4 Å². The Labute approximate surface area is 181 Å². The summed E-state index contributed by atoms with van der Waals surface area (Å²) in [5.41, 5.74) is 0. The van der Waals surface area contributed by atoms with Crippen LogP contribution >= 0.6 is 24.0 Å². The fraction of sp³-hybridized carbons (Fsp3) is 0.647. The summed E-state index contributed by atoms with van der Waals surface area (Å²) >= 11 is 6.29. The number of hydrogen-bond acceptors (Lipinski definition) is 12. The molecule has 0 N–H and O–H groups in total. The van der Waals surface area contributed by atoms with Crippen LogP contribution in [-0.2, 0) is 47.7 Å². The van der Waals surface area contributed by atoms with Crippen molar-refractivity contribution >= 4 is 58.1 Å². The summed E-state index contributed by atoms with van der Waals surface area (Å²) < 4.78 is 26.9. The summed E-state index contributed by atoms with van der Waals surface area (Å²) in [4.78, 5) is 60.0. The summed E-state index contributed by atoms with van der Waals surface area (Å²) in [6.07, 6.45) is -6.42. The minimum atomic E-state index is -1.36. The Balaban J connectivity index is 2.50. The number of hydrogen-bond donors (Lipinski definition) is 0. The lowest BCUT2D eigenvalue weighted by atomic mass is 9.96. The smallest absolute Gasteiger partial charge is 0.303 e. The number of carbonyl (C=O) groups excluding carboxylic acids is 5. The van der Waals surface area contributed by atoms with E-state index in [1.54, 1.807) is 0 Å². The molecule has 2 aliphatic rings. The summed E-state index contributed by atoms with van der Waals surface area (Å²) in [5, 5.41) is 0. The van der Waals surface area contributed by atoms with Crippen molar-refractivity contribution in [2.45, 2.75) is 58.3 Å². The van der Waals surface area contributed by atoms with Crippen LogP contribution in [0.5, 0.6) is 0 Å². The molecule has 0 aliphatic carbocycles. The lowest BCUT2D eigenvalue weighted by Crippen LogP contribution is -2.66. The first-order valence-electron chi connectivity index (χ1n) is 8.80. The zero-order valence-corrected chi connectivity index (χ0v) is 18.3. The minimum Gasteiger partial charge on any atom is -0.463 e. The highest BCUT2D eigenvalue weighted by molar-refractivity contribution is 8.23. The second-order valence-electron chi connectivity index (χ2n) is 6.41. The van der Waals surface area contributed by atoms with Crippen LogP contribution in [0.3, 0.4) is 0 Å². The lowest BCUT2D eigenvalue weighted by molar-refractivity contribution is -0.268. The highest BCUT2D eigenvalue weighted by atomic mass is 32.2. The van der Waals surface area contributed by atoms with Crippen molar-refractivity contribution < 1.29 is 47.7 Å². The number of ether oxygens (including phenoxy) is 5. The quantitative estimate of drug-likeness (QED) is 0.296. The van der Waals surface area contributed by atoms with Gasteiger partial charge in [-0.1, -0.05) is 24.0 Å². The first kappa shape index (κ1) is 24.0. The van der Waals surface area contributed by atoms with Crippen LogP contribution in [0, 0.1) is 0 Å². The molecule has 11 nitrogen and oxygen atoms in total. The van der Waals surface area contributed by atoms with Gasteiger partial charge in [0, 0.05) is 27.7 Å². The maximum Gasteiger partial charge on any atom is 0.303 e. The molecule has 30 heavy (non-hydrogen) atoms. The zero-order chi connectivity index (χ0) is 22.6. The fourth-order valence-corrected chi connectivity index (χ4v) is 4.14. The van der Waals surface area contributed by atoms with Crippen molar-refractivity contribution in [3.63, 3.8) is 0 Å². The molecule has 0 radical (unpaired) electrons. The van der Waals surface area contributed by atoms with E-state index in [1.165, 1.54) is 6.92 Å². The topological polar surface area (TPSA) is 135 Å². The third kappa shape index (κ3) is 5.89. The van der Waals surface area contributed by atoms with Gasteiger partial charge in [0.1, 0.15) is 17.0 Å². The van der Waals surface area contributed by atoms with Crippen LogP contribution in [0.4, 0.5) is 0 Å². The third-order valence-electron chi connectivity index (χ3n) is 4.01. The Morgan fingerprint density at radius 3 is 1.97 bits per heavy atom. The molecule has 0 bridgehead atoms. The van der Waals surface area contributed by atoms with Gasteiger partial charge in [-0.3, -0.25) is 28.9 Å². The first-order valence-corrected chi connectivity index (χ1v) is 10.2. The maximum absolute atomic E-state index is 12.4. The lowest BCUT2D eigenvalue weighted by Gasteiger charge is -2.46. The van der Waals surface area contributed by atoms with Gasteiger partial charge < -0.3 is 23.7 Å². The molecule has 0 unspecified atom stereocenters. The van der Waals surface area contributed by atoms with E-state index >= 15 is 0 Å². The van der Waals surface area contributed by atoms with Crippen LogP contribution in [0.1, 0.15) is 27.7 Å². The van der Waals surface area contributed by atoms with Crippen molar-refractivity contribution in [1.29, 1.82) is 0 Å². The molecule has 2 heterocycles. The van der Waals surface area contributed by atoms with Gasteiger partial charge >= 0.3 is 23.9 Å². The highest BCUT2D eigenvalue weighted by Crippen LogP contribution is 2.34. The van der Waals surface area contributed by atoms with Crippen LogP contribution < -0.4 is 0 Å². The van der Waals surface area contributed by atoms with E-state index in [0.717, 1.165) is 37.4 Å². The van der Waals surface area contributed by atoms with Gasteiger partial charge in [-0.25, -0.2) is 0 Å². The number of rotatable bonds is 6. The fourth-order valence-electron chi connectivity index (χ4n) is 3.02. The molecule has 2 saturated heterocycles. The van der Waals surface area contributed by atoms with Gasteiger partial charge in [0.2, 0.25) is 5.91 Å². The van der Waals surface area contributed by atoms with Crippen LogP contribution in [0.2, 0.25) is 0 Å². The molecule has 2 fully saturated rings. The minimum absolute atomic E-state index is 0.0473. The standard InChI is InChI=1S/C17H21NO10S2/c1-7(19)24-5-11-13(25-8(2)20)14(26-9(3)21)15(27-10(4)22)16(28-11)18-12(23)6-30-17(18)29/h11,13-16H,5-6H2,1-4H3/t11-,13-,14+,15-,16-/m1/s1.